The fraction of sp³-hybridized carbons (Fsp3) is 0.464. The minimum absolute atomic E-state index is 0.0370. The molecular formula is C28H31BrClN3O4S. The lowest BCUT2D eigenvalue weighted by atomic mass is 9.70. The van der Waals surface area contributed by atoms with Crippen molar-refractivity contribution in [2.75, 3.05) is 17.2 Å². The highest BCUT2D eigenvalue weighted by molar-refractivity contribution is 9.09. The third kappa shape index (κ3) is 4.55. The first-order valence-corrected chi connectivity index (χ1v) is 15.1. The molecule has 3 aliphatic heterocycles. The lowest BCUT2D eigenvalue weighted by Gasteiger charge is -2.39. The van der Waals surface area contributed by atoms with Gasteiger partial charge in [-0.25, -0.2) is 0 Å². The number of hydrogen-bond acceptors (Lipinski definition) is 5. The van der Waals surface area contributed by atoms with E-state index in [9.17, 15) is 19.5 Å². The normalized spacial score (nSPS) is 31.1. The van der Waals surface area contributed by atoms with Crippen molar-refractivity contribution in [3.8, 4) is 0 Å². The Balaban J connectivity index is 1.54. The molecule has 2 aromatic carbocycles. The van der Waals surface area contributed by atoms with Crippen LogP contribution < -0.4 is 10.6 Å². The third-order valence-electron chi connectivity index (χ3n) is 8.28. The van der Waals surface area contributed by atoms with Gasteiger partial charge >= 0.3 is 0 Å². The molecule has 8 atom stereocenters. The number of benzene rings is 2. The summed E-state index contributed by atoms with van der Waals surface area (Å²) in [6.07, 6.45) is 1.30. The van der Waals surface area contributed by atoms with Gasteiger partial charge in [0.05, 0.1) is 29.2 Å². The van der Waals surface area contributed by atoms with Crippen LogP contribution in [-0.4, -0.2) is 61.2 Å². The Morgan fingerprint density at radius 2 is 1.76 bits per heavy atom. The van der Waals surface area contributed by atoms with Crippen molar-refractivity contribution >= 4 is 68.4 Å². The Hall–Kier alpha value is -2.07. The summed E-state index contributed by atoms with van der Waals surface area (Å²) >= 11 is 11.4. The number of nitrogens with zero attached hydrogens (tertiary/aromatic N) is 1. The molecular weight excluding hydrogens is 590 g/mol. The maximum absolute atomic E-state index is 14.3. The minimum atomic E-state index is -0.841. The Kier molecular flexibility index (Phi) is 7.84. The van der Waals surface area contributed by atoms with Gasteiger partial charge in [0.1, 0.15) is 6.04 Å². The van der Waals surface area contributed by atoms with Crippen LogP contribution in [0, 0.1) is 17.8 Å². The molecule has 0 radical (unpaired) electrons. The molecule has 202 valence electrons. The highest BCUT2D eigenvalue weighted by Crippen LogP contribution is 2.68. The van der Waals surface area contributed by atoms with Gasteiger partial charge < -0.3 is 20.6 Å². The lowest BCUT2D eigenvalue weighted by molar-refractivity contribution is -0.142. The number of halogens is 2. The first-order valence-electron chi connectivity index (χ1n) is 12.9. The number of likely N-dealkylation sites (tertiary alicyclic amines) is 1. The fourth-order valence-electron chi connectivity index (χ4n) is 6.33. The van der Waals surface area contributed by atoms with E-state index in [0.29, 0.717) is 22.8 Å². The number of aliphatic hydroxyl groups excluding tert-OH is 1. The van der Waals surface area contributed by atoms with Crippen molar-refractivity contribution in [2.24, 2.45) is 17.8 Å². The van der Waals surface area contributed by atoms with Crippen LogP contribution in [0.2, 0.25) is 5.02 Å². The van der Waals surface area contributed by atoms with E-state index >= 15 is 0 Å². The first-order chi connectivity index (χ1) is 18.2. The van der Waals surface area contributed by atoms with E-state index in [0.717, 1.165) is 6.42 Å². The van der Waals surface area contributed by atoms with Crippen LogP contribution in [0.5, 0.6) is 0 Å². The van der Waals surface area contributed by atoms with Crippen LogP contribution >= 0.6 is 39.3 Å². The summed E-state index contributed by atoms with van der Waals surface area (Å²) in [7, 11) is 0. The summed E-state index contributed by atoms with van der Waals surface area (Å²) in [5.74, 6) is -2.10. The number of alkyl halides is 1. The van der Waals surface area contributed by atoms with E-state index in [4.69, 9.17) is 11.6 Å². The second kappa shape index (κ2) is 10.8. The number of fused-ring (bicyclic) bond motifs is 1. The summed E-state index contributed by atoms with van der Waals surface area (Å²) in [6, 6.07) is 14.6. The third-order valence-corrected chi connectivity index (χ3v) is 11.7. The molecule has 2 aromatic rings. The number of carbonyl (C=O) groups is 3. The van der Waals surface area contributed by atoms with Crippen LogP contribution in [0.3, 0.4) is 0 Å². The quantitative estimate of drug-likeness (QED) is 0.369. The number of aliphatic hydroxyl groups is 1. The van der Waals surface area contributed by atoms with E-state index in [1.54, 1.807) is 40.9 Å². The molecule has 1 spiro atoms. The molecule has 5 rings (SSSR count). The molecule has 10 heteroatoms. The van der Waals surface area contributed by atoms with Gasteiger partial charge in [0, 0.05) is 26.5 Å². The monoisotopic (exact) mass is 619 g/mol. The standard InChI is InChI=1S/C28H31BrClN3O4S/c1-3-15(2)20(14-34)33-24(26(36)32-18-11-9-16(30)10-12-18)28-13-19(29)23(38-28)21(22(28)27(33)37)25(35)31-17-7-5-4-6-8-17/h4-12,15,19-24,34H,3,13-14H2,1-2H3,(H,31,35)(H,32,36)/t15-,19?,20-,21+,22-,23+,24?,28?/m0/s1. The molecule has 0 aliphatic carbocycles. The topological polar surface area (TPSA) is 98.7 Å². The maximum Gasteiger partial charge on any atom is 0.248 e. The minimum Gasteiger partial charge on any atom is -0.394 e. The van der Waals surface area contributed by atoms with E-state index in [-0.39, 0.29) is 40.3 Å². The van der Waals surface area contributed by atoms with Crippen LogP contribution in [0.4, 0.5) is 11.4 Å². The van der Waals surface area contributed by atoms with Crippen molar-refractivity contribution in [3.05, 3.63) is 59.6 Å². The molecule has 3 heterocycles. The number of rotatable bonds is 8. The number of anilines is 2. The predicted octanol–water partition coefficient (Wildman–Crippen LogP) is 4.79. The Morgan fingerprint density at radius 1 is 1.13 bits per heavy atom. The maximum atomic E-state index is 14.3. The number of amides is 3. The predicted molar refractivity (Wildman–Crippen MR) is 155 cm³/mol. The van der Waals surface area contributed by atoms with Gasteiger partial charge in [0.15, 0.2) is 0 Å². The number of nitrogens with one attached hydrogen (secondary N) is 2. The molecule has 3 N–H and O–H groups in total. The zero-order valence-corrected chi connectivity index (χ0v) is 24.3. The molecule has 3 unspecified atom stereocenters. The molecule has 3 aliphatic rings. The summed E-state index contributed by atoms with van der Waals surface area (Å²) in [4.78, 5) is 43.6. The van der Waals surface area contributed by atoms with Gasteiger partial charge in [0.2, 0.25) is 17.7 Å². The van der Waals surface area contributed by atoms with Crippen LogP contribution in [0.25, 0.3) is 0 Å². The number of para-hydroxylation sites is 1. The summed E-state index contributed by atoms with van der Waals surface area (Å²) in [5.41, 5.74) is 1.24. The second-order valence-corrected chi connectivity index (χ2v) is 13.5. The summed E-state index contributed by atoms with van der Waals surface area (Å²) < 4.78 is -0.800. The molecule has 2 bridgehead atoms. The van der Waals surface area contributed by atoms with Gasteiger partial charge in [-0.2, -0.15) is 0 Å². The van der Waals surface area contributed by atoms with Crippen LogP contribution in [0.1, 0.15) is 26.7 Å². The average molecular weight is 621 g/mol. The van der Waals surface area contributed by atoms with Gasteiger partial charge in [-0.15, -0.1) is 11.8 Å². The Bertz CT molecular complexity index is 1220. The van der Waals surface area contributed by atoms with Crippen molar-refractivity contribution in [3.63, 3.8) is 0 Å². The van der Waals surface area contributed by atoms with Crippen molar-refractivity contribution in [2.45, 2.75) is 53.6 Å². The second-order valence-electron chi connectivity index (χ2n) is 10.4. The van der Waals surface area contributed by atoms with Gasteiger partial charge in [-0.05, 0) is 48.7 Å². The van der Waals surface area contributed by atoms with Gasteiger partial charge in [-0.1, -0.05) is 66.0 Å². The van der Waals surface area contributed by atoms with Gasteiger partial charge in [-0.3, -0.25) is 14.4 Å². The summed E-state index contributed by atoms with van der Waals surface area (Å²) in [5, 5.41) is 16.8. The molecule has 7 nitrogen and oxygen atoms in total. The zero-order valence-electron chi connectivity index (χ0n) is 21.1. The number of hydrogen-bond donors (Lipinski definition) is 3. The Labute approximate surface area is 240 Å². The zero-order chi connectivity index (χ0) is 27.2. The van der Waals surface area contributed by atoms with Crippen molar-refractivity contribution in [1.82, 2.24) is 4.90 Å². The van der Waals surface area contributed by atoms with Crippen LogP contribution in [-0.2, 0) is 14.4 Å². The average Bonchev–Trinajstić information content (AvgIpc) is 3.50. The molecule has 3 amide bonds. The van der Waals surface area contributed by atoms with E-state index < -0.39 is 28.7 Å². The van der Waals surface area contributed by atoms with Crippen molar-refractivity contribution in [1.29, 1.82) is 0 Å². The molecule has 0 aromatic heterocycles. The molecule has 0 saturated carbocycles. The smallest absolute Gasteiger partial charge is 0.248 e. The van der Waals surface area contributed by atoms with E-state index in [2.05, 4.69) is 26.6 Å². The largest absolute Gasteiger partial charge is 0.394 e. The Morgan fingerprint density at radius 3 is 2.39 bits per heavy atom. The summed E-state index contributed by atoms with van der Waals surface area (Å²) in [6.45, 7) is 3.72. The van der Waals surface area contributed by atoms with E-state index in [1.165, 1.54) is 0 Å². The number of carbonyl (C=O) groups excluding carboxylic acids is 3. The fourth-order valence-corrected chi connectivity index (χ4v) is 10.1. The highest BCUT2D eigenvalue weighted by Gasteiger charge is 2.76. The molecule has 3 saturated heterocycles. The van der Waals surface area contributed by atoms with Crippen LogP contribution in [0.15, 0.2) is 54.6 Å². The molecule has 3 fully saturated rings. The van der Waals surface area contributed by atoms with Gasteiger partial charge in [0.25, 0.3) is 0 Å². The van der Waals surface area contributed by atoms with Crippen molar-refractivity contribution < 1.29 is 19.5 Å². The highest BCUT2D eigenvalue weighted by atomic mass is 79.9. The van der Waals surface area contributed by atoms with E-state index in [1.807, 2.05) is 44.2 Å². The SMILES string of the molecule is CC[C@H](C)[C@H](CO)N1C(=O)[C@@H]2[C@@H](C(=O)Nc3ccccc3)[C@@H]3SC2(CC3Br)C1C(=O)Nc1ccc(Cl)cc1. The molecule has 38 heavy (non-hydrogen) atoms. The number of thioether (sulfide) groups is 1. The lowest BCUT2D eigenvalue weighted by Crippen LogP contribution is -2.56. The first kappa shape index (κ1) is 27.5.